The average Bonchev–Trinajstić information content (AvgIpc) is 3.58. The van der Waals surface area contributed by atoms with E-state index in [4.69, 9.17) is 0 Å². The fourth-order valence-electron chi connectivity index (χ4n) is 8.98. The molecule has 0 amide bonds. The summed E-state index contributed by atoms with van der Waals surface area (Å²) in [4.78, 5) is 0. The van der Waals surface area contributed by atoms with E-state index in [9.17, 15) is 0 Å². The first-order valence-corrected chi connectivity index (χ1v) is 26.4. The van der Waals surface area contributed by atoms with E-state index in [0.29, 0.717) is 0 Å². The molecule has 2 heteroatoms. The topological polar surface area (TPSA) is 8.81 Å². The van der Waals surface area contributed by atoms with Crippen LogP contribution in [0.1, 0.15) is 309 Å². The summed E-state index contributed by atoms with van der Waals surface area (Å²) in [5.41, 5.74) is 0. The Morgan fingerprint density at radius 3 is 0.873 bits per heavy atom. The summed E-state index contributed by atoms with van der Waals surface area (Å²) in [5.74, 6) is 1.63. The van der Waals surface area contributed by atoms with Crippen LogP contribution in [0.5, 0.6) is 0 Å². The van der Waals surface area contributed by atoms with E-state index in [-0.39, 0.29) is 0 Å². The fourth-order valence-corrected chi connectivity index (χ4v) is 8.98. The summed E-state index contributed by atoms with van der Waals surface area (Å²) in [7, 11) is 0. The molecule has 0 saturated heterocycles. The summed E-state index contributed by atoms with van der Waals surface area (Å²) in [5, 5.41) is 0. The van der Waals surface area contributed by atoms with E-state index in [2.05, 4.69) is 42.3 Å². The number of nitrogens with zero attached hydrogens (tertiary/aromatic N) is 2. The van der Waals surface area contributed by atoms with Crippen molar-refractivity contribution in [3.05, 3.63) is 18.2 Å². The van der Waals surface area contributed by atoms with Gasteiger partial charge in [-0.3, -0.25) is 0 Å². The van der Waals surface area contributed by atoms with E-state index in [0.717, 1.165) is 0 Å². The van der Waals surface area contributed by atoms with Gasteiger partial charge in [0.1, 0.15) is 12.4 Å². The van der Waals surface area contributed by atoms with Crippen molar-refractivity contribution < 1.29 is 4.57 Å². The summed E-state index contributed by atoms with van der Waals surface area (Å²) in [6, 6.07) is 0. The van der Waals surface area contributed by atoms with Gasteiger partial charge in [-0.1, -0.05) is 271 Å². The highest BCUT2D eigenvalue weighted by Gasteiger charge is 2.16. The number of hydrogen-bond donors (Lipinski definition) is 0. The number of unbranched alkanes of at least 4 members (excludes halogenated alkanes) is 41. The standard InChI is InChI=1S/C53H105N2/c1-4-7-10-13-16-19-22-25-27-29-31-33-36-39-42-45-48-53-54(49-46-43-40-37-34-24-21-18-15-12-9-6-3)51-52-55(53)50-47-44-41-38-35-32-30-28-26-23-20-17-14-11-8-5-2/h51-52H,4-50H2,1-3H3/q+1. The van der Waals surface area contributed by atoms with Gasteiger partial charge in [0.15, 0.2) is 0 Å². The highest BCUT2D eigenvalue weighted by atomic mass is 15.1. The quantitative estimate of drug-likeness (QED) is 0.0461. The molecule has 326 valence electrons. The molecule has 0 atom stereocenters. The molecule has 0 N–H and O–H groups in total. The lowest BCUT2D eigenvalue weighted by Crippen LogP contribution is -2.37. The minimum atomic E-state index is 1.23. The number of aromatic nitrogens is 2. The number of hydrogen-bond acceptors (Lipinski definition) is 0. The average molecular weight is 770 g/mol. The first kappa shape index (κ1) is 52.2. The van der Waals surface area contributed by atoms with Gasteiger partial charge in [-0.25, -0.2) is 9.13 Å². The molecule has 1 aromatic rings. The van der Waals surface area contributed by atoms with Crippen LogP contribution in [0, 0.1) is 0 Å². The van der Waals surface area contributed by atoms with Crippen LogP contribution in [-0.2, 0) is 19.5 Å². The molecular formula is C53H105N2+. The van der Waals surface area contributed by atoms with Gasteiger partial charge in [-0.2, -0.15) is 0 Å². The first-order valence-electron chi connectivity index (χ1n) is 26.4. The van der Waals surface area contributed by atoms with E-state index >= 15 is 0 Å². The van der Waals surface area contributed by atoms with Gasteiger partial charge in [-0.15, -0.1) is 0 Å². The normalized spacial score (nSPS) is 11.7. The van der Waals surface area contributed by atoms with Crippen LogP contribution in [0.4, 0.5) is 0 Å². The van der Waals surface area contributed by atoms with Gasteiger partial charge in [-0.05, 0) is 32.1 Å². The van der Waals surface area contributed by atoms with Gasteiger partial charge in [0.2, 0.25) is 0 Å². The Labute approximate surface area is 349 Å². The fraction of sp³-hybridized carbons (Fsp3) is 0.943. The molecule has 0 aliphatic rings. The lowest BCUT2D eigenvalue weighted by molar-refractivity contribution is -0.704. The molecule has 55 heavy (non-hydrogen) atoms. The van der Waals surface area contributed by atoms with Crippen LogP contribution in [0.3, 0.4) is 0 Å². The molecular weight excluding hydrogens is 665 g/mol. The molecule has 0 aromatic carbocycles. The minimum absolute atomic E-state index is 1.23. The van der Waals surface area contributed by atoms with Crippen molar-refractivity contribution in [1.82, 2.24) is 4.57 Å². The Kier molecular flexibility index (Phi) is 42.1. The second-order valence-corrected chi connectivity index (χ2v) is 18.3. The number of imidazole rings is 1. The van der Waals surface area contributed by atoms with Gasteiger partial charge in [0.25, 0.3) is 5.82 Å². The van der Waals surface area contributed by atoms with Crippen molar-refractivity contribution >= 4 is 0 Å². The van der Waals surface area contributed by atoms with Crippen molar-refractivity contribution in [3.8, 4) is 0 Å². The molecule has 0 bridgehead atoms. The molecule has 0 unspecified atom stereocenters. The molecule has 1 aromatic heterocycles. The molecule has 0 radical (unpaired) electrons. The number of rotatable bonds is 47. The molecule has 0 aliphatic heterocycles. The lowest BCUT2D eigenvalue weighted by Gasteiger charge is -2.07. The maximum Gasteiger partial charge on any atom is 0.256 e. The third-order valence-corrected chi connectivity index (χ3v) is 12.8. The van der Waals surface area contributed by atoms with Crippen LogP contribution < -0.4 is 4.57 Å². The van der Waals surface area contributed by atoms with Crippen molar-refractivity contribution in [2.75, 3.05) is 0 Å². The largest absolute Gasteiger partial charge is 0.256 e. The van der Waals surface area contributed by atoms with Crippen LogP contribution in [0.25, 0.3) is 0 Å². The first-order chi connectivity index (χ1) is 27.3. The van der Waals surface area contributed by atoms with E-state index in [1.807, 2.05) is 0 Å². The summed E-state index contributed by atoms with van der Waals surface area (Å²) in [6.45, 7) is 9.42. The Morgan fingerprint density at radius 1 is 0.309 bits per heavy atom. The van der Waals surface area contributed by atoms with Gasteiger partial charge in [0, 0.05) is 6.42 Å². The third-order valence-electron chi connectivity index (χ3n) is 12.8. The summed E-state index contributed by atoms with van der Waals surface area (Å²) in [6.07, 6.45) is 69.8. The van der Waals surface area contributed by atoms with E-state index in [1.165, 1.54) is 302 Å². The highest BCUT2D eigenvalue weighted by Crippen LogP contribution is 2.17. The van der Waals surface area contributed by atoms with Gasteiger partial charge >= 0.3 is 0 Å². The highest BCUT2D eigenvalue weighted by molar-refractivity contribution is 4.84. The Morgan fingerprint density at radius 2 is 0.564 bits per heavy atom. The smallest absolute Gasteiger partial charge is 0.234 e. The summed E-state index contributed by atoms with van der Waals surface area (Å²) >= 11 is 0. The third kappa shape index (κ3) is 36.1. The van der Waals surface area contributed by atoms with Crippen LogP contribution in [-0.4, -0.2) is 4.57 Å². The van der Waals surface area contributed by atoms with Crippen molar-refractivity contribution in [2.24, 2.45) is 0 Å². The maximum absolute atomic E-state index is 2.66. The molecule has 0 saturated carbocycles. The SMILES string of the molecule is CCCCCCCCCCCCCCCCCCc1n(CCCCCCCCCCCCCC)cc[n+]1CCCCCCCCCCCCCCCCCC. The van der Waals surface area contributed by atoms with Crippen molar-refractivity contribution in [1.29, 1.82) is 0 Å². The van der Waals surface area contributed by atoms with Gasteiger partial charge < -0.3 is 0 Å². The molecule has 1 heterocycles. The van der Waals surface area contributed by atoms with Crippen LogP contribution in [0.15, 0.2) is 12.4 Å². The Balaban J connectivity index is 2.24. The van der Waals surface area contributed by atoms with Crippen LogP contribution >= 0.6 is 0 Å². The van der Waals surface area contributed by atoms with Gasteiger partial charge in [0.05, 0.1) is 13.1 Å². The van der Waals surface area contributed by atoms with Crippen molar-refractivity contribution in [2.45, 2.75) is 323 Å². The van der Waals surface area contributed by atoms with E-state index < -0.39 is 0 Å². The Bertz CT molecular complexity index is 841. The zero-order valence-electron chi connectivity index (χ0n) is 38.8. The molecule has 0 fully saturated rings. The van der Waals surface area contributed by atoms with Crippen LogP contribution in [0.2, 0.25) is 0 Å². The number of aryl methyl sites for hydroxylation is 2. The zero-order chi connectivity index (χ0) is 39.4. The Hall–Kier alpha value is -0.790. The monoisotopic (exact) mass is 770 g/mol. The minimum Gasteiger partial charge on any atom is -0.234 e. The molecule has 1 rings (SSSR count). The second-order valence-electron chi connectivity index (χ2n) is 18.3. The zero-order valence-corrected chi connectivity index (χ0v) is 38.8. The second kappa shape index (κ2) is 44.3. The van der Waals surface area contributed by atoms with Crippen molar-refractivity contribution in [3.63, 3.8) is 0 Å². The van der Waals surface area contributed by atoms with E-state index in [1.54, 1.807) is 5.82 Å². The predicted molar refractivity (Wildman–Crippen MR) is 249 cm³/mol. The maximum atomic E-state index is 2.66. The lowest BCUT2D eigenvalue weighted by atomic mass is 10.0. The molecule has 0 spiro atoms. The molecule has 0 aliphatic carbocycles. The summed E-state index contributed by atoms with van der Waals surface area (Å²) < 4.78 is 5.32. The molecule has 2 nitrogen and oxygen atoms in total. The predicted octanol–water partition coefficient (Wildman–Crippen LogP) is 18.5.